The summed E-state index contributed by atoms with van der Waals surface area (Å²) in [5, 5.41) is 0. The first-order valence-corrected chi connectivity index (χ1v) is 6.69. The molecule has 16 heavy (non-hydrogen) atoms. The van der Waals surface area contributed by atoms with Gasteiger partial charge in [0.05, 0.1) is 0 Å². The van der Waals surface area contributed by atoms with Gasteiger partial charge in [-0.15, -0.1) is 0 Å². The number of hydrogen-bond acceptors (Lipinski definition) is 3. The van der Waals surface area contributed by atoms with Crippen molar-refractivity contribution in [1.29, 1.82) is 0 Å². The molecule has 0 atom stereocenters. The van der Waals surface area contributed by atoms with E-state index in [1.54, 1.807) is 0 Å². The lowest BCUT2D eigenvalue weighted by molar-refractivity contribution is 0.195. The predicted octanol–water partition coefficient (Wildman–Crippen LogP) is 1.39. The highest BCUT2D eigenvalue weighted by Crippen LogP contribution is 2.48. The highest BCUT2D eigenvalue weighted by Gasteiger charge is 2.42. The Hall–Kier alpha value is -0.120. The second-order valence-electron chi connectivity index (χ2n) is 5.62. The molecule has 1 rings (SSSR count). The van der Waals surface area contributed by atoms with Crippen molar-refractivity contribution in [3.05, 3.63) is 0 Å². The maximum atomic E-state index is 5.70. The van der Waals surface area contributed by atoms with Gasteiger partial charge in [-0.05, 0) is 58.3 Å². The smallest absolute Gasteiger partial charge is 0.0109 e. The number of hydrogen-bond donors (Lipinski definition) is 1. The molecule has 1 saturated carbocycles. The van der Waals surface area contributed by atoms with Gasteiger partial charge >= 0.3 is 0 Å². The first kappa shape index (κ1) is 13.9. The SMILES string of the molecule is CCCN(CCN(C)C)CC1(CCN)CC1. The zero-order valence-corrected chi connectivity index (χ0v) is 11.3. The van der Waals surface area contributed by atoms with Crippen LogP contribution in [0.15, 0.2) is 0 Å². The van der Waals surface area contributed by atoms with E-state index in [0.29, 0.717) is 5.41 Å². The molecule has 1 fully saturated rings. The fourth-order valence-electron chi connectivity index (χ4n) is 2.37. The van der Waals surface area contributed by atoms with Gasteiger partial charge in [0.1, 0.15) is 0 Å². The minimum Gasteiger partial charge on any atom is -0.330 e. The monoisotopic (exact) mass is 227 g/mol. The molecule has 1 aliphatic rings. The quantitative estimate of drug-likeness (QED) is 0.646. The Kier molecular flexibility index (Phi) is 5.73. The van der Waals surface area contributed by atoms with Gasteiger partial charge in [-0.3, -0.25) is 0 Å². The Morgan fingerprint density at radius 3 is 2.25 bits per heavy atom. The van der Waals surface area contributed by atoms with Crippen LogP contribution in [0, 0.1) is 5.41 Å². The molecule has 0 aromatic heterocycles. The third kappa shape index (κ3) is 4.81. The standard InChI is InChI=1S/C13H29N3/c1-4-9-16(11-10-15(2)3)12-13(5-6-13)7-8-14/h4-12,14H2,1-3H3. The molecule has 3 nitrogen and oxygen atoms in total. The second kappa shape index (κ2) is 6.58. The van der Waals surface area contributed by atoms with Crippen molar-refractivity contribution in [2.24, 2.45) is 11.1 Å². The molecule has 96 valence electrons. The fraction of sp³-hybridized carbons (Fsp3) is 1.00. The Bertz CT molecular complexity index is 188. The maximum absolute atomic E-state index is 5.70. The third-order valence-corrected chi connectivity index (χ3v) is 3.59. The molecule has 0 radical (unpaired) electrons. The molecule has 0 heterocycles. The van der Waals surface area contributed by atoms with Crippen molar-refractivity contribution in [1.82, 2.24) is 9.80 Å². The average molecular weight is 227 g/mol. The first-order valence-electron chi connectivity index (χ1n) is 6.69. The molecular weight excluding hydrogens is 198 g/mol. The average Bonchev–Trinajstić information content (AvgIpc) is 2.95. The maximum Gasteiger partial charge on any atom is 0.0109 e. The Labute approximate surface area is 101 Å². The Morgan fingerprint density at radius 2 is 1.81 bits per heavy atom. The molecule has 0 aromatic rings. The minimum atomic E-state index is 0.593. The summed E-state index contributed by atoms with van der Waals surface area (Å²) in [7, 11) is 4.30. The number of rotatable bonds is 9. The van der Waals surface area contributed by atoms with Crippen LogP contribution >= 0.6 is 0 Å². The van der Waals surface area contributed by atoms with E-state index in [0.717, 1.165) is 6.54 Å². The van der Waals surface area contributed by atoms with Crippen LogP contribution in [-0.4, -0.2) is 56.6 Å². The summed E-state index contributed by atoms with van der Waals surface area (Å²) in [5.41, 5.74) is 6.29. The van der Waals surface area contributed by atoms with Gasteiger partial charge in [0.25, 0.3) is 0 Å². The molecule has 3 heteroatoms. The summed E-state index contributed by atoms with van der Waals surface area (Å²) in [6.45, 7) is 8.00. The van der Waals surface area contributed by atoms with E-state index < -0.39 is 0 Å². The van der Waals surface area contributed by atoms with Gasteiger partial charge in [-0.2, -0.15) is 0 Å². The lowest BCUT2D eigenvalue weighted by Crippen LogP contribution is -2.37. The van der Waals surface area contributed by atoms with Crippen LogP contribution in [0.4, 0.5) is 0 Å². The zero-order chi connectivity index (χ0) is 12.0. The van der Waals surface area contributed by atoms with Crippen LogP contribution in [0.3, 0.4) is 0 Å². The number of nitrogens with two attached hydrogens (primary N) is 1. The molecular formula is C13H29N3. The van der Waals surface area contributed by atoms with Crippen LogP contribution in [0.2, 0.25) is 0 Å². The minimum absolute atomic E-state index is 0.593. The topological polar surface area (TPSA) is 32.5 Å². The molecule has 0 saturated heterocycles. The van der Waals surface area contributed by atoms with Gasteiger partial charge in [-0.1, -0.05) is 6.92 Å². The van der Waals surface area contributed by atoms with Crippen LogP contribution in [-0.2, 0) is 0 Å². The van der Waals surface area contributed by atoms with E-state index in [9.17, 15) is 0 Å². The molecule has 0 aromatic carbocycles. The number of nitrogens with zero attached hydrogens (tertiary/aromatic N) is 2. The van der Waals surface area contributed by atoms with E-state index in [4.69, 9.17) is 5.73 Å². The third-order valence-electron chi connectivity index (χ3n) is 3.59. The highest BCUT2D eigenvalue weighted by molar-refractivity contribution is 4.95. The fourth-order valence-corrected chi connectivity index (χ4v) is 2.37. The van der Waals surface area contributed by atoms with Gasteiger partial charge in [-0.25, -0.2) is 0 Å². The zero-order valence-electron chi connectivity index (χ0n) is 11.3. The summed E-state index contributed by atoms with van der Waals surface area (Å²) in [4.78, 5) is 4.90. The van der Waals surface area contributed by atoms with Crippen molar-refractivity contribution in [3.63, 3.8) is 0 Å². The Balaban J connectivity index is 2.32. The van der Waals surface area contributed by atoms with Crippen molar-refractivity contribution in [2.45, 2.75) is 32.6 Å². The van der Waals surface area contributed by atoms with Gasteiger partial charge < -0.3 is 15.5 Å². The van der Waals surface area contributed by atoms with Crippen molar-refractivity contribution in [2.75, 3.05) is 46.8 Å². The van der Waals surface area contributed by atoms with Crippen molar-refractivity contribution < 1.29 is 0 Å². The highest BCUT2D eigenvalue weighted by atomic mass is 15.2. The summed E-state index contributed by atoms with van der Waals surface area (Å²) < 4.78 is 0. The van der Waals surface area contributed by atoms with Crippen LogP contribution in [0.1, 0.15) is 32.6 Å². The molecule has 0 bridgehead atoms. The lowest BCUT2D eigenvalue weighted by atomic mass is 10.0. The molecule has 0 amide bonds. The van der Waals surface area contributed by atoms with E-state index in [2.05, 4.69) is 30.8 Å². The summed E-state index contributed by atoms with van der Waals surface area (Å²) in [6, 6.07) is 0. The predicted molar refractivity (Wildman–Crippen MR) is 70.6 cm³/mol. The summed E-state index contributed by atoms with van der Waals surface area (Å²) in [5.74, 6) is 0. The molecule has 2 N–H and O–H groups in total. The van der Waals surface area contributed by atoms with Crippen LogP contribution < -0.4 is 5.73 Å². The van der Waals surface area contributed by atoms with E-state index >= 15 is 0 Å². The van der Waals surface area contributed by atoms with Crippen molar-refractivity contribution >= 4 is 0 Å². The van der Waals surface area contributed by atoms with Gasteiger partial charge in [0.15, 0.2) is 0 Å². The van der Waals surface area contributed by atoms with Crippen molar-refractivity contribution in [3.8, 4) is 0 Å². The van der Waals surface area contributed by atoms with E-state index in [-0.39, 0.29) is 0 Å². The van der Waals surface area contributed by atoms with Crippen LogP contribution in [0.25, 0.3) is 0 Å². The van der Waals surface area contributed by atoms with Gasteiger partial charge in [0, 0.05) is 19.6 Å². The van der Waals surface area contributed by atoms with Gasteiger partial charge in [0.2, 0.25) is 0 Å². The molecule has 0 unspecified atom stereocenters. The first-order chi connectivity index (χ1) is 7.62. The van der Waals surface area contributed by atoms with E-state index in [1.165, 1.54) is 51.9 Å². The molecule has 0 spiro atoms. The Morgan fingerprint density at radius 1 is 1.12 bits per heavy atom. The molecule has 0 aliphatic heterocycles. The van der Waals surface area contributed by atoms with E-state index in [1.807, 2.05) is 0 Å². The largest absolute Gasteiger partial charge is 0.330 e. The number of likely N-dealkylation sites (N-methyl/N-ethyl adjacent to an activating group) is 1. The lowest BCUT2D eigenvalue weighted by Gasteiger charge is -2.28. The molecule has 1 aliphatic carbocycles. The summed E-state index contributed by atoms with van der Waals surface area (Å²) >= 11 is 0. The summed E-state index contributed by atoms with van der Waals surface area (Å²) in [6.07, 6.45) is 5.26. The second-order valence-corrected chi connectivity index (χ2v) is 5.62. The normalized spacial score (nSPS) is 18.4. The van der Waals surface area contributed by atoms with Crippen LogP contribution in [0.5, 0.6) is 0 Å².